The van der Waals surface area contributed by atoms with Gasteiger partial charge in [-0.2, -0.15) is 11.8 Å². The number of guanidine groups is 1. The van der Waals surface area contributed by atoms with Crippen molar-refractivity contribution in [3.8, 4) is 5.75 Å². The SMILES string of the molecule is CCNC(=NCc1ccc(C)cc1OC1CCOC1)NCC1(O)CCSC1. The molecule has 6 nitrogen and oxygen atoms in total. The molecule has 150 valence electrons. The van der Waals surface area contributed by atoms with Gasteiger partial charge in [-0.15, -0.1) is 0 Å². The molecule has 27 heavy (non-hydrogen) atoms. The Hall–Kier alpha value is -1.44. The Morgan fingerprint density at radius 3 is 3.04 bits per heavy atom. The molecular formula is C20H31N3O3S. The molecule has 3 N–H and O–H groups in total. The summed E-state index contributed by atoms with van der Waals surface area (Å²) in [6.45, 7) is 7.33. The average molecular weight is 394 g/mol. The van der Waals surface area contributed by atoms with Crippen LogP contribution in [0.25, 0.3) is 0 Å². The fraction of sp³-hybridized carbons (Fsp3) is 0.650. The lowest BCUT2D eigenvalue weighted by Gasteiger charge is -2.23. The molecule has 2 atom stereocenters. The van der Waals surface area contributed by atoms with Crippen molar-refractivity contribution in [2.75, 3.05) is 37.8 Å². The molecule has 0 amide bonds. The number of hydrogen-bond acceptors (Lipinski definition) is 5. The van der Waals surface area contributed by atoms with E-state index in [1.807, 2.05) is 6.92 Å². The van der Waals surface area contributed by atoms with Crippen molar-refractivity contribution in [2.24, 2.45) is 4.99 Å². The molecular weight excluding hydrogens is 362 g/mol. The number of nitrogens with one attached hydrogen (secondary N) is 2. The van der Waals surface area contributed by atoms with Crippen LogP contribution in [0.2, 0.25) is 0 Å². The summed E-state index contributed by atoms with van der Waals surface area (Å²) in [6.07, 6.45) is 1.87. The van der Waals surface area contributed by atoms with E-state index in [4.69, 9.17) is 14.5 Å². The number of nitrogens with zero attached hydrogens (tertiary/aromatic N) is 1. The number of aryl methyl sites for hydroxylation is 1. The van der Waals surface area contributed by atoms with Crippen LogP contribution in [0.5, 0.6) is 5.75 Å². The first-order valence-corrected chi connectivity index (χ1v) is 10.9. The van der Waals surface area contributed by atoms with Gasteiger partial charge in [0.25, 0.3) is 0 Å². The van der Waals surface area contributed by atoms with Crippen LogP contribution < -0.4 is 15.4 Å². The average Bonchev–Trinajstić information content (AvgIpc) is 3.31. The van der Waals surface area contributed by atoms with Gasteiger partial charge in [-0.3, -0.25) is 0 Å². The van der Waals surface area contributed by atoms with Crippen LogP contribution in [0.1, 0.15) is 30.9 Å². The topological polar surface area (TPSA) is 75.1 Å². The van der Waals surface area contributed by atoms with E-state index >= 15 is 0 Å². The number of ether oxygens (including phenoxy) is 2. The van der Waals surface area contributed by atoms with Gasteiger partial charge in [0, 0.05) is 30.8 Å². The molecule has 2 fully saturated rings. The van der Waals surface area contributed by atoms with Gasteiger partial charge in [0.1, 0.15) is 11.9 Å². The summed E-state index contributed by atoms with van der Waals surface area (Å²) in [4.78, 5) is 4.71. The molecule has 2 aliphatic heterocycles. The van der Waals surface area contributed by atoms with Crippen LogP contribution in [-0.2, 0) is 11.3 Å². The zero-order chi connectivity index (χ0) is 19.1. The Kier molecular flexibility index (Phi) is 7.26. The van der Waals surface area contributed by atoms with Gasteiger partial charge in [0.05, 0.1) is 25.4 Å². The molecule has 3 rings (SSSR count). The number of aliphatic hydroxyl groups is 1. The summed E-state index contributed by atoms with van der Waals surface area (Å²) >= 11 is 1.80. The van der Waals surface area contributed by atoms with E-state index in [1.54, 1.807) is 11.8 Å². The van der Waals surface area contributed by atoms with Gasteiger partial charge >= 0.3 is 0 Å². The highest BCUT2D eigenvalue weighted by Crippen LogP contribution is 2.27. The summed E-state index contributed by atoms with van der Waals surface area (Å²) in [6, 6.07) is 6.23. The Labute approximate surface area is 166 Å². The lowest BCUT2D eigenvalue weighted by Crippen LogP contribution is -2.47. The number of benzene rings is 1. The van der Waals surface area contributed by atoms with Crippen LogP contribution in [0.3, 0.4) is 0 Å². The highest BCUT2D eigenvalue weighted by Gasteiger charge is 2.31. The molecule has 7 heteroatoms. The molecule has 1 aromatic rings. The summed E-state index contributed by atoms with van der Waals surface area (Å²) < 4.78 is 11.6. The predicted molar refractivity (Wildman–Crippen MR) is 111 cm³/mol. The van der Waals surface area contributed by atoms with Crippen molar-refractivity contribution in [3.05, 3.63) is 29.3 Å². The zero-order valence-electron chi connectivity index (χ0n) is 16.3. The molecule has 0 radical (unpaired) electrons. The Morgan fingerprint density at radius 1 is 1.44 bits per heavy atom. The normalized spacial score (nSPS) is 25.6. The molecule has 2 unspecified atom stereocenters. The van der Waals surface area contributed by atoms with Gasteiger partial charge in [-0.1, -0.05) is 12.1 Å². The van der Waals surface area contributed by atoms with Crippen LogP contribution in [0, 0.1) is 6.92 Å². The lowest BCUT2D eigenvalue weighted by molar-refractivity contribution is 0.0724. The largest absolute Gasteiger partial charge is 0.488 e. The molecule has 0 saturated carbocycles. The maximum absolute atomic E-state index is 10.5. The van der Waals surface area contributed by atoms with E-state index in [9.17, 15) is 5.11 Å². The number of hydrogen-bond donors (Lipinski definition) is 3. The van der Waals surface area contributed by atoms with E-state index in [0.29, 0.717) is 19.7 Å². The zero-order valence-corrected chi connectivity index (χ0v) is 17.1. The number of thioether (sulfide) groups is 1. The smallest absolute Gasteiger partial charge is 0.191 e. The van der Waals surface area contributed by atoms with Crippen molar-refractivity contribution in [3.63, 3.8) is 0 Å². The van der Waals surface area contributed by atoms with Crippen molar-refractivity contribution in [2.45, 2.75) is 44.9 Å². The van der Waals surface area contributed by atoms with Crippen molar-refractivity contribution in [1.29, 1.82) is 0 Å². The number of rotatable bonds is 7. The minimum absolute atomic E-state index is 0.120. The fourth-order valence-electron chi connectivity index (χ4n) is 3.18. The maximum atomic E-state index is 10.5. The summed E-state index contributed by atoms with van der Waals surface area (Å²) in [5.41, 5.74) is 1.59. The Bertz CT molecular complexity index is 641. The third kappa shape index (κ3) is 6.02. The van der Waals surface area contributed by atoms with Gasteiger partial charge in [0.2, 0.25) is 0 Å². The highest BCUT2D eigenvalue weighted by molar-refractivity contribution is 7.99. The third-order valence-electron chi connectivity index (χ3n) is 4.82. The van der Waals surface area contributed by atoms with E-state index < -0.39 is 5.60 Å². The second-order valence-electron chi connectivity index (χ2n) is 7.29. The fourth-order valence-corrected chi connectivity index (χ4v) is 4.47. The second-order valence-corrected chi connectivity index (χ2v) is 8.40. The van der Waals surface area contributed by atoms with Gasteiger partial charge in [-0.25, -0.2) is 4.99 Å². The van der Waals surface area contributed by atoms with E-state index in [1.165, 1.54) is 5.56 Å². The van der Waals surface area contributed by atoms with Crippen LogP contribution in [-0.4, -0.2) is 60.6 Å². The molecule has 2 heterocycles. The lowest BCUT2D eigenvalue weighted by atomic mass is 10.0. The van der Waals surface area contributed by atoms with Crippen molar-refractivity contribution >= 4 is 17.7 Å². The first kappa shape index (κ1) is 20.3. The minimum atomic E-state index is -0.637. The highest BCUT2D eigenvalue weighted by atomic mass is 32.2. The molecule has 0 aromatic heterocycles. The van der Waals surface area contributed by atoms with Crippen molar-refractivity contribution in [1.82, 2.24) is 10.6 Å². The summed E-state index contributed by atoms with van der Waals surface area (Å²) in [5.74, 6) is 3.40. The summed E-state index contributed by atoms with van der Waals surface area (Å²) in [5, 5.41) is 17.1. The van der Waals surface area contributed by atoms with Gasteiger partial charge in [0.15, 0.2) is 5.96 Å². The Morgan fingerprint density at radius 2 is 2.33 bits per heavy atom. The third-order valence-corrected chi connectivity index (χ3v) is 6.06. The molecule has 2 saturated heterocycles. The molecule has 1 aromatic carbocycles. The first-order chi connectivity index (χ1) is 13.1. The monoisotopic (exact) mass is 393 g/mol. The van der Waals surface area contributed by atoms with E-state index in [0.717, 1.165) is 54.8 Å². The maximum Gasteiger partial charge on any atom is 0.191 e. The van der Waals surface area contributed by atoms with Crippen molar-refractivity contribution < 1.29 is 14.6 Å². The standard InChI is InChI=1S/C20H31N3O3S/c1-3-21-19(23-13-20(24)7-9-27-14-20)22-11-16-5-4-15(2)10-18(16)26-17-6-8-25-12-17/h4-5,10,17,24H,3,6-9,11-14H2,1-2H3,(H2,21,22,23). The minimum Gasteiger partial charge on any atom is -0.488 e. The van der Waals surface area contributed by atoms with Gasteiger partial charge in [-0.05, 0) is 37.7 Å². The summed E-state index contributed by atoms with van der Waals surface area (Å²) in [7, 11) is 0. The molecule has 2 aliphatic rings. The first-order valence-electron chi connectivity index (χ1n) is 9.74. The predicted octanol–water partition coefficient (Wildman–Crippen LogP) is 2.09. The van der Waals surface area contributed by atoms with E-state index in [2.05, 4.69) is 35.8 Å². The number of aliphatic imine (C=N–C) groups is 1. The van der Waals surface area contributed by atoms with E-state index in [-0.39, 0.29) is 6.10 Å². The molecule has 0 bridgehead atoms. The second kappa shape index (κ2) is 9.66. The van der Waals surface area contributed by atoms with Crippen LogP contribution in [0.15, 0.2) is 23.2 Å². The Balaban J connectivity index is 1.65. The van der Waals surface area contributed by atoms with Crippen LogP contribution in [0.4, 0.5) is 0 Å². The van der Waals surface area contributed by atoms with Gasteiger partial charge < -0.3 is 25.2 Å². The molecule has 0 aliphatic carbocycles. The molecule has 0 spiro atoms. The van der Waals surface area contributed by atoms with Crippen LogP contribution >= 0.6 is 11.8 Å². The quantitative estimate of drug-likeness (QED) is 0.487.